The van der Waals surface area contributed by atoms with Gasteiger partial charge in [-0.3, -0.25) is 0 Å². The summed E-state index contributed by atoms with van der Waals surface area (Å²) in [5.74, 6) is 3.41. The highest BCUT2D eigenvalue weighted by Gasteiger charge is 2.08. The Labute approximate surface area is 109 Å². The molecule has 0 aliphatic carbocycles. The highest BCUT2D eigenvalue weighted by atomic mass is 19.1. The van der Waals surface area contributed by atoms with Crippen molar-refractivity contribution in [1.29, 1.82) is 0 Å². The number of benzene rings is 2. The van der Waals surface area contributed by atoms with Crippen molar-refractivity contribution in [3.63, 3.8) is 0 Å². The lowest BCUT2D eigenvalue weighted by Crippen LogP contribution is -1.97. The first-order valence-corrected chi connectivity index (χ1v) is 5.54. The molecule has 0 amide bonds. The number of hydrogen-bond donors (Lipinski definition) is 1. The first-order chi connectivity index (χ1) is 9.10. The molecule has 0 heterocycles. The van der Waals surface area contributed by atoms with E-state index < -0.39 is 17.5 Å². The molecule has 0 aromatic heterocycles. The van der Waals surface area contributed by atoms with Gasteiger partial charge in [0.25, 0.3) is 0 Å². The topological polar surface area (TPSA) is 12.0 Å². The van der Waals surface area contributed by atoms with Crippen molar-refractivity contribution in [2.24, 2.45) is 0 Å². The van der Waals surface area contributed by atoms with Crippen molar-refractivity contribution >= 4 is 5.69 Å². The molecule has 0 spiro atoms. The van der Waals surface area contributed by atoms with Gasteiger partial charge in [0.05, 0.1) is 0 Å². The van der Waals surface area contributed by atoms with Gasteiger partial charge in [0.2, 0.25) is 0 Å². The van der Waals surface area contributed by atoms with E-state index in [2.05, 4.69) is 17.2 Å². The van der Waals surface area contributed by atoms with E-state index in [-0.39, 0.29) is 11.3 Å². The van der Waals surface area contributed by atoms with E-state index in [9.17, 15) is 13.2 Å². The minimum absolute atomic E-state index is 0.193. The average molecular weight is 261 g/mol. The molecular formula is C15H10F3N. The molecule has 96 valence electrons. The van der Waals surface area contributed by atoms with Crippen LogP contribution in [0.25, 0.3) is 0 Å². The van der Waals surface area contributed by atoms with Gasteiger partial charge < -0.3 is 5.32 Å². The lowest BCUT2D eigenvalue weighted by molar-refractivity contribution is 0.589. The molecule has 0 unspecified atom stereocenters. The predicted molar refractivity (Wildman–Crippen MR) is 68.3 cm³/mol. The summed E-state index contributed by atoms with van der Waals surface area (Å²) in [4.78, 5) is 0. The van der Waals surface area contributed by atoms with Crippen LogP contribution in [0.5, 0.6) is 0 Å². The summed E-state index contributed by atoms with van der Waals surface area (Å²) < 4.78 is 39.9. The van der Waals surface area contributed by atoms with Crippen LogP contribution in [0, 0.1) is 29.3 Å². The SMILES string of the molecule is CNc1c(F)cc(C#Cc2cccc(F)c2)cc1F. The zero-order valence-corrected chi connectivity index (χ0v) is 10.1. The molecule has 19 heavy (non-hydrogen) atoms. The van der Waals surface area contributed by atoms with E-state index in [0.717, 1.165) is 12.1 Å². The van der Waals surface area contributed by atoms with E-state index in [1.54, 1.807) is 6.07 Å². The number of nitrogens with one attached hydrogen (secondary N) is 1. The summed E-state index contributed by atoms with van der Waals surface area (Å²) in [6.07, 6.45) is 0. The molecule has 0 aliphatic heterocycles. The smallest absolute Gasteiger partial charge is 0.150 e. The fourth-order valence-corrected chi connectivity index (χ4v) is 1.59. The Morgan fingerprint density at radius 1 is 0.895 bits per heavy atom. The van der Waals surface area contributed by atoms with Crippen LogP contribution in [-0.2, 0) is 0 Å². The quantitative estimate of drug-likeness (QED) is 0.774. The van der Waals surface area contributed by atoms with Crippen LogP contribution >= 0.6 is 0 Å². The minimum atomic E-state index is -0.717. The molecule has 2 rings (SSSR count). The Morgan fingerprint density at radius 2 is 1.53 bits per heavy atom. The minimum Gasteiger partial charge on any atom is -0.383 e. The van der Waals surface area contributed by atoms with Gasteiger partial charge in [-0.05, 0) is 30.3 Å². The first kappa shape index (κ1) is 13.0. The molecule has 0 atom stereocenters. The molecule has 2 aromatic carbocycles. The largest absolute Gasteiger partial charge is 0.383 e. The number of halogens is 3. The number of hydrogen-bond acceptors (Lipinski definition) is 1. The van der Waals surface area contributed by atoms with Crippen LogP contribution < -0.4 is 5.32 Å². The van der Waals surface area contributed by atoms with Gasteiger partial charge in [-0.2, -0.15) is 0 Å². The number of rotatable bonds is 1. The molecule has 4 heteroatoms. The standard InChI is InChI=1S/C15H10F3N/c1-19-15-13(17)8-11(9-14(15)18)6-5-10-3-2-4-12(16)7-10/h2-4,7-9,19H,1H3. The first-order valence-electron chi connectivity index (χ1n) is 5.54. The summed E-state index contributed by atoms with van der Waals surface area (Å²) >= 11 is 0. The van der Waals surface area contributed by atoms with Gasteiger partial charge in [-0.15, -0.1) is 0 Å². The van der Waals surface area contributed by atoms with Crippen LogP contribution in [0.1, 0.15) is 11.1 Å². The molecule has 0 bridgehead atoms. The Morgan fingerprint density at radius 3 is 2.11 bits per heavy atom. The zero-order chi connectivity index (χ0) is 13.8. The normalized spacial score (nSPS) is 9.68. The van der Waals surface area contributed by atoms with Gasteiger partial charge in [0.1, 0.15) is 11.5 Å². The maximum absolute atomic E-state index is 13.5. The van der Waals surface area contributed by atoms with Gasteiger partial charge in [0.15, 0.2) is 11.6 Å². The summed E-state index contributed by atoms with van der Waals surface area (Å²) in [6.45, 7) is 0. The number of anilines is 1. The average Bonchev–Trinajstić information content (AvgIpc) is 2.36. The van der Waals surface area contributed by atoms with Crippen molar-refractivity contribution < 1.29 is 13.2 Å². The van der Waals surface area contributed by atoms with E-state index in [1.807, 2.05) is 0 Å². The molecule has 0 saturated carbocycles. The molecule has 0 saturated heterocycles. The monoisotopic (exact) mass is 261 g/mol. The van der Waals surface area contributed by atoms with E-state index in [0.29, 0.717) is 5.56 Å². The van der Waals surface area contributed by atoms with E-state index in [4.69, 9.17) is 0 Å². The zero-order valence-electron chi connectivity index (χ0n) is 10.1. The lowest BCUT2D eigenvalue weighted by atomic mass is 10.1. The Hall–Kier alpha value is -2.41. The van der Waals surface area contributed by atoms with Gasteiger partial charge in [0, 0.05) is 18.2 Å². The highest BCUT2D eigenvalue weighted by molar-refractivity contribution is 5.52. The molecule has 0 aliphatic rings. The van der Waals surface area contributed by atoms with E-state index in [1.165, 1.54) is 25.2 Å². The Bertz CT molecular complexity index is 646. The van der Waals surface area contributed by atoms with Crippen LogP contribution in [0.4, 0.5) is 18.9 Å². The van der Waals surface area contributed by atoms with Crippen LogP contribution in [-0.4, -0.2) is 7.05 Å². The molecule has 2 aromatic rings. The van der Waals surface area contributed by atoms with Crippen molar-refractivity contribution in [3.8, 4) is 11.8 Å². The van der Waals surface area contributed by atoms with Gasteiger partial charge >= 0.3 is 0 Å². The lowest BCUT2D eigenvalue weighted by Gasteiger charge is -2.03. The third kappa shape index (κ3) is 3.08. The van der Waals surface area contributed by atoms with Crippen LogP contribution in [0.2, 0.25) is 0 Å². The third-order valence-electron chi connectivity index (χ3n) is 2.47. The summed E-state index contributed by atoms with van der Waals surface area (Å²) in [5, 5.41) is 2.42. The third-order valence-corrected chi connectivity index (χ3v) is 2.47. The Kier molecular flexibility index (Phi) is 3.76. The molecule has 1 N–H and O–H groups in total. The van der Waals surface area contributed by atoms with Crippen molar-refractivity contribution in [2.45, 2.75) is 0 Å². The van der Waals surface area contributed by atoms with Crippen LogP contribution in [0.3, 0.4) is 0 Å². The van der Waals surface area contributed by atoms with Gasteiger partial charge in [-0.1, -0.05) is 17.9 Å². The second kappa shape index (κ2) is 5.49. The van der Waals surface area contributed by atoms with E-state index >= 15 is 0 Å². The van der Waals surface area contributed by atoms with Crippen LogP contribution in [0.15, 0.2) is 36.4 Å². The second-order valence-corrected chi connectivity index (χ2v) is 3.83. The molecule has 1 nitrogen and oxygen atoms in total. The Balaban J connectivity index is 2.35. The summed E-state index contributed by atoms with van der Waals surface area (Å²) in [5.41, 5.74) is 0.438. The fourth-order valence-electron chi connectivity index (χ4n) is 1.59. The summed E-state index contributed by atoms with van der Waals surface area (Å²) in [7, 11) is 1.43. The van der Waals surface area contributed by atoms with Crippen molar-refractivity contribution in [1.82, 2.24) is 0 Å². The molecule has 0 radical (unpaired) electrons. The summed E-state index contributed by atoms with van der Waals surface area (Å²) in [6, 6.07) is 7.94. The maximum Gasteiger partial charge on any atom is 0.150 e. The predicted octanol–water partition coefficient (Wildman–Crippen LogP) is 3.55. The molecular weight excluding hydrogens is 251 g/mol. The van der Waals surface area contributed by atoms with Crippen molar-refractivity contribution in [3.05, 3.63) is 65.0 Å². The molecule has 0 fully saturated rings. The van der Waals surface area contributed by atoms with Gasteiger partial charge in [-0.25, -0.2) is 13.2 Å². The van der Waals surface area contributed by atoms with Crippen molar-refractivity contribution in [2.75, 3.05) is 12.4 Å². The maximum atomic E-state index is 13.5. The second-order valence-electron chi connectivity index (χ2n) is 3.83. The fraction of sp³-hybridized carbons (Fsp3) is 0.0667. The highest BCUT2D eigenvalue weighted by Crippen LogP contribution is 2.19.